The molecular formula is C8H8BrN3. The third-order valence-corrected chi connectivity index (χ3v) is 1.77. The number of hydrogen-bond acceptors (Lipinski definition) is 2. The van der Waals surface area contributed by atoms with Crippen LogP contribution in [0.5, 0.6) is 0 Å². The van der Waals surface area contributed by atoms with Gasteiger partial charge in [-0.1, -0.05) is 0 Å². The Labute approximate surface area is 78.9 Å². The Hall–Kier alpha value is -1.08. The van der Waals surface area contributed by atoms with Crippen LogP contribution in [0.25, 0.3) is 0 Å². The van der Waals surface area contributed by atoms with E-state index in [0.717, 1.165) is 4.47 Å². The maximum atomic E-state index is 8.48. The predicted molar refractivity (Wildman–Crippen MR) is 49.1 cm³/mol. The average Bonchev–Trinajstić information content (AvgIpc) is 2.09. The van der Waals surface area contributed by atoms with E-state index in [1.165, 1.54) is 0 Å². The van der Waals surface area contributed by atoms with Crippen molar-refractivity contribution in [2.75, 3.05) is 0 Å². The highest BCUT2D eigenvalue weighted by molar-refractivity contribution is 9.10. The van der Waals surface area contributed by atoms with Gasteiger partial charge in [0, 0.05) is 10.7 Å². The van der Waals surface area contributed by atoms with Crippen LogP contribution in [0.2, 0.25) is 0 Å². The lowest BCUT2D eigenvalue weighted by Crippen LogP contribution is -2.09. The Bertz CT molecular complexity index is 341. The molecule has 0 spiro atoms. The number of rotatable bonds is 1. The maximum Gasteiger partial charge on any atom is 0.136 e. The summed E-state index contributed by atoms with van der Waals surface area (Å²) in [5, 5.41) is 8.48. The van der Waals surface area contributed by atoms with Crippen molar-refractivity contribution in [2.45, 2.75) is 13.0 Å². The van der Waals surface area contributed by atoms with Gasteiger partial charge in [-0.25, -0.2) is 0 Å². The number of H-pyrrole nitrogens is 1. The second kappa shape index (κ2) is 4.07. The van der Waals surface area contributed by atoms with Gasteiger partial charge >= 0.3 is 0 Å². The van der Waals surface area contributed by atoms with Crippen molar-refractivity contribution < 1.29 is 0 Å². The average molecular weight is 226 g/mol. The number of nitriles is 1. The zero-order valence-electron chi connectivity index (χ0n) is 6.58. The lowest BCUT2D eigenvalue weighted by atomic mass is 10.4. The molecule has 3 nitrogen and oxygen atoms in total. The molecule has 0 saturated heterocycles. The second-order valence-corrected chi connectivity index (χ2v) is 3.24. The molecule has 0 saturated carbocycles. The van der Waals surface area contributed by atoms with E-state index in [2.05, 4.69) is 25.9 Å². The third-order valence-electron chi connectivity index (χ3n) is 1.28. The number of nitrogens with one attached hydrogen (secondary N) is 1. The summed E-state index contributed by atoms with van der Waals surface area (Å²) in [5.41, 5.74) is 0.715. The van der Waals surface area contributed by atoms with Gasteiger partial charge in [0.1, 0.15) is 11.5 Å². The summed E-state index contributed by atoms with van der Waals surface area (Å²) in [6, 6.07) is 5.42. The fourth-order valence-corrected chi connectivity index (χ4v) is 0.962. The van der Waals surface area contributed by atoms with Crippen LogP contribution in [0.3, 0.4) is 0 Å². The minimum Gasteiger partial charge on any atom is -0.346 e. The van der Waals surface area contributed by atoms with Gasteiger partial charge < -0.3 is 4.98 Å². The van der Waals surface area contributed by atoms with Crippen LogP contribution in [-0.4, -0.2) is 11.0 Å². The fraction of sp³-hybridized carbons (Fsp3) is 0.250. The van der Waals surface area contributed by atoms with Crippen molar-refractivity contribution >= 4 is 15.9 Å². The fourth-order valence-electron chi connectivity index (χ4n) is 0.715. The van der Waals surface area contributed by atoms with Crippen molar-refractivity contribution in [1.29, 1.82) is 5.26 Å². The van der Waals surface area contributed by atoms with E-state index < -0.39 is 0 Å². The highest BCUT2D eigenvalue weighted by Gasteiger charge is 1.91. The Morgan fingerprint density at radius 3 is 2.92 bits per heavy atom. The molecule has 1 heterocycles. The lowest BCUT2D eigenvalue weighted by Gasteiger charge is -1.92. The number of pyridine rings is 1. The van der Waals surface area contributed by atoms with E-state index in [0.29, 0.717) is 5.49 Å². The molecule has 0 aliphatic rings. The molecule has 0 aromatic carbocycles. The first-order valence-corrected chi connectivity index (χ1v) is 4.29. The lowest BCUT2D eigenvalue weighted by molar-refractivity contribution is 0.875. The molecule has 1 unspecified atom stereocenters. The second-order valence-electron chi connectivity index (χ2n) is 2.33. The van der Waals surface area contributed by atoms with Crippen molar-refractivity contribution in [2.24, 2.45) is 4.99 Å². The summed E-state index contributed by atoms with van der Waals surface area (Å²) in [5.74, 6) is 0. The van der Waals surface area contributed by atoms with E-state index >= 15 is 0 Å². The molecule has 1 aromatic heterocycles. The molecular weight excluding hydrogens is 218 g/mol. The van der Waals surface area contributed by atoms with Crippen LogP contribution in [-0.2, 0) is 0 Å². The molecule has 0 radical (unpaired) electrons. The van der Waals surface area contributed by atoms with Crippen molar-refractivity contribution in [1.82, 2.24) is 4.98 Å². The van der Waals surface area contributed by atoms with Gasteiger partial charge in [0.2, 0.25) is 0 Å². The van der Waals surface area contributed by atoms with Gasteiger partial charge in [0.05, 0.1) is 6.07 Å². The molecule has 1 rings (SSSR count). The van der Waals surface area contributed by atoms with Gasteiger partial charge in [0.15, 0.2) is 0 Å². The Kier molecular flexibility index (Phi) is 3.06. The van der Waals surface area contributed by atoms with Gasteiger partial charge in [-0.3, -0.25) is 4.99 Å². The van der Waals surface area contributed by atoms with Gasteiger partial charge in [-0.2, -0.15) is 5.26 Å². The highest BCUT2D eigenvalue weighted by atomic mass is 79.9. The smallest absolute Gasteiger partial charge is 0.136 e. The molecule has 0 amide bonds. The third kappa shape index (κ3) is 2.51. The molecule has 1 N–H and O–H groups in total. The number of hydrogen-bond donors (Lipinski definition) is 1. The Morgan fingerprint density at radius 1 is 1.67 bits per heavy atom. The zero-order chi connectivity index (χ0) is 8.97. The van der Waals surface area contributed by atoms with Crippen LogP contribution in [0.4, 0.5) is 0 Å². The summed E-state index contributed by atoms with van der Waals surface area (Å²) < 4.78 is 0.964. The van der Waals surface area contributed by atoms with Crippen molar-refractivity contribution in [3.63, 3.8) is 0 Å². The summed E-state index contributed by atoms with van der Waals surface area (Å²) in [6.45, 7) is 1.75. The van der Waals surface area contributed by atoms with Gasteiger partial charge in [0.25, 0.3) is 0 Å². The molecule has 12 heavy (non-hydrogen) atoms. The Balaban J connectivity index is 2.98. The molecule has 62 valence electrons. The van der Waals surface area contributed by atoms with Crippen LogP contribution in [0.1, 0.15) is 6.92 Å². The van der Waals surface area contributed by atoms with E-state index in [9.17, 15) is 0 Å². The quantitative estimate of drug-likeness (QED) is 0.776. The highest BCUT2D eigenvalue weighted by Crippen LogP contribution is 2.01. The first kappa shape index (κ1) is 9.01. The van der Waals surface area contributed by atoms with E-state index in [1.807, 2.05) is 18.2 Å². The Morgan fingerprint density at radius 2 is 2.42 bits per heavy atom. The van der Waals surface area contributed by atoms with Gasteiger partial charge in [-0.15, -0.1) is 0 Å². The minimum absolute atomic E-state index is 0.303. The molecule has 0 aliphatic heterocycles. The molecule has 0 aliphatic carbocycles. The largest absolute Gasteiger partial charge is 0.346 e. The van der Waals surface area contributed by atoms with Crippen LogP contribution < -0.4 is 5.49 Å². The number of halogens is 1. The maximum absolute atomic E-state index is 8.48. The number of aromatic amines is 1. The summed E-state index contributed by atoms with van der Waals surface area (Å²) in [7, 11) is 0. The summed E-state index contributed by atoms with van der Waals surface area (Å²) >= 11 is 3.29. The molecule has 0 bridgehead atoms. The van der Waals surface area contributed by atoms with Crippen molar-refractivity contribution in [3.05, 3.63) is 28.3 Å². The molecule has 1 aromatic rings. The van der Waals surface area contributed by atoms with Crippen LogP contribution in [0.15, 0.2) is 27.8 Å². The molecule has 1 atom stereocenters. The summed E-state index contributed by atoms with van der Waals surface area (Å²) in [6.07, 6.45) is 1.78. The normalized spacial score (nSPS) is 13.9. The number of nitrogens with zero attached hydrogens (tertiary/aromatic N) is 2. The monoisotopic (exact) mass is 225 g/mol. The first-order valence-electron chi connectivity index (χ1n) is 3.50. The molecule has 4 heteroatoms. The van der Waals surface area contributed by atoms with Crippen molar-refractivity contribution in [3.8, 4) is 6.07 Å². The SMILES string of the molecule is CC(C#N)/N=c1/ccc(Br)c[nH]1. The van der Waals surface area contributed by atoms with E-state index in [-0.39, 0.29) is 6.04 Å². The minimum atomic E-state index is -0.303. The van der Waals surface area contributed by atoms with E-state index in [4.69, 9.17) is 5.26 Å². The topological polar surface area (TPSA) is 51.9 Å². The van der Waals surface area contributed by atoms with E-state index in [1.54, 1.807) is 13.1 Å². The van der Waals surface area contributed by atoms with Gasteiger partial charge in [-0.05, 0) is 35.0 Å². The first-order chi connectivity index (χ1) is 5.72. The number of aromatic nitrogens is 1. The van der Waals surface area contributed by atoms with Crippen LogP contribution in [0, 0.1) is 11.3 Å². The summed E-state index contributed by atoms with van der Waals surface area (Å²) in [4.78, 5) is 7.02. The standard InChI is InChI=1S/C8H8BrN3/c1-6(4-10)12-8-3-2-7(9)5-11-8/h2-3,5-6H,1H3,(H,11,12). The molecule has 0 fully saturated rings. The van der Waals surface area contributed by atoms with Crippen LogP contribution >= 0.6 is 15.9 Å². The predicted octanol–water partition coefficient (Wildman–Crippen LogP) is 1.59. The zero-order valence-corrected chi connectivity index (χ0v) is 8.17.